The molecule has 0 aliphatic carbocycles. The molecule has 2 rings (SSSR count). The summed E-state index contributed by atoms with van der Waals surface area (Å²) in [7, 11) is 0. The quantitative estimate of drug-likeness (QED) is 0.665. The molecule has 0 unspecified atom stereocenters. The SMILES string of the molecule is O=C1CN(C(=O)Nc2ccc(C(=O)O)cc2F)CC(=O)N1. The Hall–Kier alpha value is -2.97. The van der Waals surface area contributed by atoms with Gasteiger partial charge in [0.2, 0.25) is 11.8 Å². The second kappa shape index (κ2) is 5.57. The van der Waals surface area contributed by atoms with Gasteiger partial charge in [0.05, 0.1) is 11.3 Å². The number of hydrogen-bond acceptors (Lipinski definition) is 4. The molecule has 1 aliphatic rings. The van der Waals surface area contributed by atoms with Crippen LogP contribution >= 0.6 is 0 Å². The van der Waals surface area contributed by atoms with Crippen LogP contribution < -0.4 is 10.6 Å². The summed E-state index contributed by atoms with van der Waals surface area (Å²) >= 11 is 0. The van der Waals surface area contributed by atoms with Gasteiger partial charge in [0.25, 0.3) is 0 Å². The standard InChI is InChI=1S/C12H10FN3O5/c13-7-3-6(11(19)20)1-2-8(7)14-12(21)16-4-9(17)15-10(18)5-16/h1-3H,4-5H2,(H,14,21)(H,19,20)(H,15,17,18). The molecule has 1 aliphatic heterocycles. The van der Waals surface area contributed by atoms with Gasteiger partial charge in [0, 0.05) is 0 Å². The van der Waals surface area contributed by atoms with Crippen molar-refractivity contribution in [1.29, 1.82) is 0 Å². The zero-order chi connectivity index (χ0) is 15.6. The molecule has 1 saturated heterocycles. The molecule has 21 heavy (non-hydrogen) atoms. The number of halogens is 1. The van der Waals surface area contributed by atoms with Crippen LogP contribution in [0.5, 0.6) is 0 Å². The van der Waals surface area contributed by atoms with E-state index in [1.165, 1.54) is 0 Å². The van der Waals surface area contributed by atoms with Crippen molar-refractivity contribution in [1.82, 2.24) is 10.2 Å². The van der Waals surface area contributed by atoms with E-state index < -0.39 is 29.6 Å². The summed E-state index contributed by atoms with van der Waals surface area (Å²) < 4.78 is 13.6. The lowest BCUT2D eigenvalue weighted by Gasteiger charge is -2.25. The Kier molecular flexibility index (Phi) is 3.83. The molecule has 1 fully saturated rings. The number of nitrogens with one attached hydrogen (secondary N) is 2. The number of benzene rings is 1. The normalized spacial score (nSPS) is 14.6. The van der Waals surface area contributed by atoms with Crippen molar-refractivity contribution in [3.05, 3.63) is 29.6 Å². The molecule has 0 saturated carbocycles. The Morgan fingerprint density at radius 2 is 1.86 bits per heavy atom. The summed E-state index contributed by atoms with van der Waals surface area (Å²) in [6.07, 6.45) is 0. The first-order chi connectivity index (χ1) is 9.86. The molecule has 0 bridgehead atoms. The van der Waals surface area contributed by atoms with Gasteiger partial charge in [0.1, 0.15) is 18.9 Å². The monoisotopic (exact) mass is 295 g/mol. The highest BCUT2D eigenvalue weighted by molar-refractivity contribution is 6.04. The third-order valence-electron chi connectivity index (χ3n) is 2.69. The van der Waals surface area contributed by atoms with Crippen LogP contribution in [0.4, 0.5) is 14.9 Å². The predicted octanol–water partition coefficient (Wildman–Crippen LogP) is 0.0142. The molecule has 4 amide bonds. The van der Waals surface area contributed by atoms with Crippen LogP contribution in [0.25, 0.3) is 0 Å². The van der Waals surface area contributed by atoms with Crippen LogP contribution in [0.3, 0.4) is 0 Å². The van der Waals surface area contributed by atoms with Gasteiger partial charge in [0.15, 0.2) is 0 Å². The van der Waals surface area contributed by atoms with Crippen molar-refractivity contribution >= 4 is 29.5 Å². The lowest BCUT2D eigenvalue weighted by Crippen LogP contribution is -2.54. The molecular formula is C12H10FN3O5. The molecular weight excluding hydrogens is 285 g/mol. The Bertz CT molecular complexity index is 630. The van der Waals surface area contributed by atoms with E-state index >= 15 is 0 Å². The fraction of sp³-hybridized carbons (Fsp3) is 0.167. The molecule has 110 valence electrons. The van der Waals surface area contributed by atoms with Gasteiger partial charge in [-0.3, -0.25) is 14.9 Å². The van der Waals surface area contributed by atoms with Gasteiger partial charge in [-0.2, -0.15) is 0 Å². The summed E-state index contributed by atoms with van der Waals surface area (Å²) in [6.45, 7) is -0.654. The Morgan fingerprint density at radius 1 is 1.24 bits per heavy atom. The lowest BCUT2D eigenvalue weighted by atomic mass is 10.2. The second-order valence-corrected chi connectivity index (χ2v) is 4.26. The minimum absolute atomic E-state index is 0.247. The van der Waals surface area contributed by atoms with E-state index in [0.29, 0.717) is 0 Å². The van der Waals surface area contributed by atoms with Crippen molar-refractivity contribution in [2.24, 2.45) is 0 Å². The molecule has 1 heterocycles. The maximum absolute atomic E-state index is 13.6. The first-order valence-electron chi connectivity index (χ1n) is 5.78. The number of carboxylic acid groups (broad SMARTS) is 1. The Balaban J connectivity index is 2.11. The number of aromatic carboxylic acids is 1. The van der Waals surface area contributed by atoms with Gasteiger partial charge in [-0.15, -0.1) is 0 Å². The number of rotatable bonds is 2. The second-order valence-electron chi connectivity index (χ2n) is 4.26. The van der Waals surface area contributed by atoms with E-state index in [-0.39, 0.29) is 24.3 Å². The van der Waals surface area contributed by atoms with Crippen LogP contribution in [0, 0.1) is 5.82 Å². The van der Waals surface area contributed by atoms with Crippen molar-refractivity contribution < 1.29 is 28.7 Å². The van der Waals surface area contributed by atoms with Gasteiger partial charge >= 0.3 is 12.0 Å². The van der Waals surface area contributed by atoms with Crippen molar-refractivity contribution in [2.45, 2.75) is 0 Å². The molecule has 0 atom stereocenters. The first kappa shape index (κ1) is 14.4. The largest absolute Gasteiger partial charge is 0.478 e. The number of hydrogen-bond donors (Lipinski definition) is 3. The summed E-state index contributed by atoms with van der Waals surface area (Å²) in [5.41, 5.74) is -0.513. The summed E-state index contributed by atoms with van der Waals surface area (Å²) in [6, 6.07) is 2.13. The molecule has 3 N–H and O–H groups in total. The minimum atomic E-state index is -1.30. The molecule has 1 aromatic rings. The van der Waals surface area contributed by atoms with Gasteiger partial charge in [-0.05, 0) is 18.2 Å². The third-order valence-corrected chi connectivity index (χ3v) is 2.69. The Labute approximate surface area is 117 Å². The zero-order valence-electron chi connectivity index (χ0n) is 10.6. The van der Waals surface area contributed by atoms with Crippen LogP contribution in [0.1, 0.15) is 10.4 Å². The van der Waals surface area contributed by atoms with Crippen LogP contribution in [-0.4, -0.2) is 46.9 Å². The zero-order valence-corrected chi connectivity index (χ0v) is 10.6. The van der Waals surface area contributed by atoms with E-state index in [4.69, 9.17) is 5.11 Å². The molecule has 1 aromatic carbocycles. The van der Waals surface area contributed by atoms with Crippen LogP contribution in [-0.2, 0) is 9.59 Å². The number of nitrogens with zero attached hydrogens (tertiary/aromatic N) is 1. The molecule has 0 radical (unpaired) electrons. The van der Waals surface area contributed by atoms with Crippen molar-refractivity contribution in [3.8, 4) is 0 Å². The summed E-state index contributed by atoms with van der Waals surface area (Å²) in [5, 5.41) is 12.9. The Morgan fingerprint density at radius 3 is 2.38 bits per heavy atom. The minimum Gasteiger partial charge on any atom is -0.478 e. The van der Waals surface area contributed by atoms with E-state index in [9.17, 15) is 23.6 Å². The number of carbonyl (C=O) groups excluding carboxylic acids is 3. The molecule has 0 spiro atoms. The predicted molar refractivity (Wildman–Crippen MR) is 67.1 cm³/mol. The highest BCUT2D eigenvalue weighted by Crippen LogP contribution is 2.16. The van der Waals surface area contributed by atoms with Crippen LogP contribution in [0.2, 0.25) is 0 Å². The number of carboxylic acids is 1. The number of carbonyl (C=O) groups is 4. The average Bonchev–Trinajstić information content (AvgIpc) is 2.39. The van der Waals surface area contributed by atoms with Gasteiger partial charge < -0.3 is 15.3 Å². The van der Waals surface area contributed by atoms with Gasteiger partial charge in [-0.25, -0.2) is 14.0 Å². The van der Waals surface area contributed by atoms with Crippen molar-refractivity contribution in [3.63, 3.8) is 0 Å². The lowest BCUT2D eigenvalue weighted by molar-refractivity contribution is -0.134. The molecule has 8 nitrogen and oxygen atoms in total. The smallest absolute Gasteiger partial charge is 0.335 e. The fourth-order valence-corrected chi connectivity index (χ4v) is 1.72. The summed E-state index contributed by atoms with van der Waals surface area (Å²) in [5.74, 6) is -3.51. The van der Waals surface area contributed by atoms with Crippen LogP contribution in [0.15, 0.2) is 18.2 Å². The number of imide groups is 1. The molecule has 0 aromatic heterocycles. The maximum Gasteiger partial charge on any atom is 0.335 e. The highest BCUT2D eigenvalue weighted by atomic mass is 19.1. The van der Waals surface area contributed by atoms with E-state index in [2.05, 4.69) is 5.32 Å². The van der Waals surface area contributed by atoms with E-state index in [1.54, 1.807) is 0 Å². The maximum atomic E-state index is 13.6. The topological polar surface area (TPSA) is 116 Å². The number of amides is 4. The van der Waals surface area contributed by atoms with Crippen molar-refractivity contribution in [2.75, 3.05) is 18.4 Å². The average molecular weight is 295 g/mol. The summed E-state index contributed by atoms with van der Waals surface area (Å²) in [4.78, 5) is 45.7. The number of anilines is 1. The van der Waals surface area contributed by atoms with E-state index in [0.717, 1.165) is 23.1 Å². The van der Waals surface area contributed by atoms with Gasteiger partial charge in [-0.1, -0.05) is 0 Å². The van der Waals surface area contributed by atoms with E-state index in [1.807, 2.05) is 5.32 Å². The molecule has 9 heteroatoms. The third kappa shape index (κ3) is 3.32. The fourth-order valence-electron chi connectivity index (χ4n) is 1.72. The highest BCUT2D eigenvalue weighted by Gasteiger charge is 2.26. The first-order valence-corrected chi connectivity index (χ1v) is 5.78. The number of urea groups is 1. The number of piperazine rings is 1.